The lowest BCUT2D eigenvalue weighted by Crippen LogP contribution is -2.45. The highest BCUT2D eigenvalue weighted by Gasteiger charge is 2.30. The van der Waals surface area contributed by atoms with E-state index in [9.17, 15) is 4.79 Å². The number of ether oxygens (including phenoxy) is 2. The predicted octanol–water partition coefficient (Wildman–Crippen LogP) is 4.73. The van der Waals surface area contributed by atoms with Gasteiger partial charge in [-0.25, -0.2) is 0 Å². The molecule has 2 aromatic carbocycles. The van der Waals surface area contributed by atoms with Crippen molar-refractivity contribution < 1.29 is 14.3 Å². The van der Waals surface area contributed by atoms with Crippen LogP contribution < -0.4 is 14.8 Å². The summed E-state index contributed by atoms with van der Waals surface area (Å²) in [6, 6.07) is 13.2. The van der Waals surface area contributed by atoms with Gasteiger partial charge in [0, 0.05) is 5.02 Å². The molecule has 0 radical (unpaired) electrons. The van der Waals surface area contributed by atoms with Crippen LogP contribution in [0.3, 0.4) is 0 Å². The van der Waals surface area contributed by atoms with Crippen molar-refractivity contribution in [3.05, 3.63) is 58.6 Å². The molecule has 0 aromatic heterocycles. The van der Waals surface area contributed by atoms with Crippen LogP contribution in [0.2, 0.25) is 5.02 Å². The Kier molecular flexibility index (Phi) is 6.92. The van der Waals surface area contributed by atoms with Gasteiger partial charge < -0.3 is 14.8 Å². The van der Waals surface area contributed by atoms with Gasteiger partial charge >= 0.3 is 0 Å². The first kappa shape index (κ1) is 20.1. The van der Waals surface area contributed by atoms with E-state index < -0.39 is 5.54 Å². The normalized spacial score (nSPS) is 11.1. The third kappa shape index (κ3) is 4.50. The number of hydrogen-bond acceptors (Lipinski definition) is 3. The number of amides is 1. The Bertz CT molecular complexity index is 739. The summed E-state index contributed by atoms with van der Waals surface area (Å²) in [5, 5.41) is 3.91. The summed E-state index contributed by atoms with van der Waals surface area (Å²) < 4.78 is 10.6. The molecule has 0 saturated carbocycles. The largest absolute Gasteiger partial charge is 0.493 e. The van der Waals surface area contributed by atoms with E-state index in [1.54, 1.807) is 14.2 Å². The number of rotatable bonds is 8. The van der Waals surface area contributed by atoms with E-state index in [0.717, 1.165) is 24.0 Å². The summed E-state index contributed by atoms with van der Waals surface area (Å²) in [7, 11) is 3.18. The topological polar surface area (TPSA) is 47.6 Å². The lowest BCUT2D eigenvalue weighted by atomic mass is 9.84. The monoisotopic (exact) mass is 375 g/mol. The third-order valence-corrected chi connectivity index (χ3v) is 5.05. The molecule has 0 saturated heterocycles. The van der Waals surface area contributed by atoms with Crippen molar-refractivity contribution in [1.82, 2.24) is 5.32 Å². The number of carbonyl (C=O) groups is 1. The zero-order valence-electron chi connectivity index (χ0n) is 15.8. The maximum absolute atomic E-state index is 12.7. The second-order valence-corrected chi connectivity index (χ2v) is 6.65. The maximum atomic E-state index is 12.7. The molecular formula is C21H26ClNO3. The van der Waals surface area contributed by atoms with E-state index in [2.05, 4.69) is 19.2 Å². The van der Waals surface area contributed by atoms with Gasteiger partial charge in [-0.3, -0.25) is 4.79 Å². The standard InChI is InChI=1S/C21H26ClNO3/c1-5-21(6-2,16-8-10-17(22)11-9-16)23-20(24)14-15-7-12-18(25-3)19(13-15)26-4/h7-13H,5-6,14H2,1-4H3,(H,23,24). The minimum Gasteiger partial charge on any atom is -0.493 e. The van der Waals surface area contributed by atoms with Gasteiger partial charge in [-0.15, -0.1) is 0 Å². The molecular weight excluding hydrogens is 350 g/mol. The zero-order valence-corrected chi connectivity index (χ0v) is 16.5. The van der Waals surface area contributed by atoms with Crippen LogP contribution in [0.4, 0.5) is 0 Å². The number of nitrogens with one attached hydrogen (secondary N) is 1. The quantitative estimate of drug-likeness (QED) is 0.725. The average Bonchev–Trinajstić information content (AvgIpc) is 2.66. The highest BCUT2D eigenvalue weighted by Crippen LogP contribution is 2.31. The average molecular weight is 376 g/mol. The van der Waals surface area contributed by atoms with E-state index >= 15 is 0 Å². The predicted molar refractivity (Wildman–Crippen MR) is 105 cm³/mol. The second-order valence-electron chi connectivity index (χ2n) is 6.21. The van der Waals surface area contributed by atoms with Gasteiger partial charge in [0.25, 0.3) is 0 Å². The van der Waals surface area contributed by atoms with E-state index in [1.165, 1.54) is 0 Å². The van der Waals surface area contributed by atoms with Gasteiger partial charge in [0.1, 0.15) is 0 Å². The van der Waals surface area contributed by atoms with Crippen LogP contribution in [0.25, 0.3) is 0 Å². The van der Waals surface area contributed by atoms with Crippen molar-refractivity contribution in [2.75, 3.05) is 14.2 Å². The first-order chi connectivity index (χ1) is 12.5. The fourth-order valence-electron chi connectivity index (χ4n) is 3.16. The smallest absolute Gasteiger partial charge is 0.225 e. The van der Waals surface area contributed by atoms with Crippen LogP contribution in [0.5, 0.6) is 11.5 Å². The van der Waals surface area contributed by atoms with Crippen LogP contribution in [0.15, 0.2) is 42.5 Å². The molecule has 140 valence electrons. The molecule has 0 unspecified atom stereocenters. The molecule has 2 rings (SSSR count). The Labute approximate surface area is 160 Å². The van der Waals surface area contributed by atoms with E-state index in [4.69, 9.17) is 21.1 Å². The third-order valence-electron chi connectivity index (χ3n) is 4.80. The molecule has 4 nitrogen and oxygen atoms in total. The number of benzene rings is 2. The molecule has 5 heteroatoms. The van der Waals surface area contributed by atoms with Crippen LogP contribution in [-0.4, -0.2) is 20.1 Å². The minimum atomic E-state index is -0.405. The highest BCUT2D eigenvalue weighted by molar-refractivity contribution is 6.30. The van der Waals surface area contributed by atoms with E-state index in [0.29, 0.717) is 16.5 Å². The molecule has 0 heterocycles. The van der Waals surface area contributed by atoms with Crippen LogP contribution in [-0.2, 0) is 16.8 Å². The van der Waals surface area contributed by atoms with Crippen LogP contribution >= 0.6 is 11.6 Å². The molecule has 2 aromatic rings. The second kappa shape index (κ2) is 8.95. The van der Waals surface area contributed by atoms with Crippen LogP contribution in [0.1, 0.15) is 37.8 Å². The first-order valence-electron chi connectivity index (χ1n) is 8.76. The Morgan fingerprint density at radius 3 is 2.15 bits per heavy atom. The summed E-state index contributed by atoms with van der Waals surface area (Å²) in [6.45, 7) is 4.16. The fourth-order valence-corrected chi connectivity index (χ4v) is 3.29. The Balaban J connectivity index is 2.19. The maximum Gasteiger partial charge on any atom is 0.225 e. The van der Waals surface area contributed by atoms with Gasteiger partial charge in [0.05, 0.1) is 26.2 Å². The molecule has 0 spiro atoms. The van der Waals surface area contributed by atoms with Crippen molar-refractivity contribution >= 4 is 17.5 Å². The molecule has 0 atom stereocenters. The molecule has 1 N–H and O–H groups in total. The van der Waals surface area contributed by atoms with Gasteiger partial charge in [-0.05, 0) is 48.2 Å². The number of hydrogen-bond donors (Lipinski definition) is 1. The molecule has 0 aliphatic carbocycles. The molecule has 0 aliphatic heterocycles. The summed E-state index contributed by atoms with van der Waals surface area (Å²) in [5.74, 6) is 1.23. The summed E-state index contributed by atoms with van der Waals surface area (Å²) in [6.07, 6.45) is 1.86. The molecule has 0 bridgehead atoms. The van der Waals surface area contributed by atoms with Gasteiger partial charge in [-0.1, -0.05) is 43.6 Å². The van der Waals surface area contributed by atoms with Crippen molar-refractivity contribution in [2.24, 2.45) is 0 Å². The summed E-state index contributed by atoms with van der Waals surface area (Å²) in [5.41, 5.74) is 1.53. The fraction of sp³-hybridized carbons (Fsp3) is 0.381. The SMILES string of the molecule is CCC(CC)(NC(=O)Cc1ccc(OC)c(OC)c1)c1ccc(Cl)cc1. The molecule has 0 aliphatic rings. The molecule has 0 fully saturated rings. The van der Waals surface area contributed by atoms with E-state index in [-0.39, 0.29) is 12.3 Å². The highest BCUT2D eigenvalue weighted by atomic mass is 35.5. The molecule has 1 amide bonds. The Morgan fingerprint density at radius 2 is 1.62 bits per heavy atom. The van der Waals surface area contributed by atoms with Crippen molar-refractivity contribution in [3.8, 4) is 11.5 Å². The first-order valence-corrected chi connectivity index (χ1v) is 9.13. The number of halogens is 1. The summed E-state index contributed by atoms with van der Waals surface area (Å²) in [4.78, 5) is 12.7. The number of methoxy groups -OCH3 is 2. The van der Waals surface area contributed by atoms with Crippen molar-refractivity contribution in [1.29, 1.82) is 0 Å². The van der Waals surface area contributed by atoms with Crippen molar-refractivity contribution in [3.63, 3.8) is 0 Å². The van der Waals surface area contributed by atoms with Gasteiger partial charge in [0.15, 0.2) is 11.5 Å². The van der Waals surface area contributed by atoms with E-state index in [1.807, 2.05) is 42.5 Å². The lowest BCUT2D eigenvalue weighted by molar-refractivity contribution is -0.122. The van der Waals surface area contributed by atoms with Crippen LogP contribution in [0, 0.1) is 0 Å². The summed E-state index contributed by atoms with van der Waals surface area (Å²) >= 11 is 6.01. The van der Waals surface area contributed by atoms with Crippen molar-refractivity contribution in [2.45, 2.75) is 38.6 Å². The zero-order chi connectivity index (χ0) is 19.2. The Hall–Kier alpha value is -2.20. The van der Waals surface area contributed by atoms with Gasteiger partial charge in [-0.2, -0.15) is 0 Å². The number of carbonyl (C=O) groups excluding carboxylic acids is 1. The van der Waals surface area contributed by atoms with Gasteiger partial charge in [0.2, 0.25) is 5.91 Å². The minimum absolute atomic E-state index is 0.0316. The Morgan fingerprint density at radius 1 is 1.00 bits per heavy atom. The molecule has 26 heavy (non-hydrogen) atoms. The lowest BCUT2D eigenvalue weighted by Gasteiger charge is -2.34.